The van der Waals surface area contributed by atoms with Crippen LogP contribution in [0.4, 0.5) is 0 Å². The van der Waals surface area contributed by atoms with Gasteiger partial charge in [0.2, 0.25) is 0 Å². The van der Waals surface area contributed by atoms with Crippen LogP contribution in [-0.4, -0.2) is 15.5 Å². The first-order valence-corrected chi connectivity index (χ1v) is 9.66. The highest BCUT2D eigenvalue weighted by Crippen LogP contribution is 2.27. The number of nitrogens with zero attached hydrogens (tertiary/aromatic N) is 2. The Bertz CT molecular complexity index is 1320. The molecule has 0 aliphatic carbocycles. The molecule has 4 aromatic rings. The average Bonchev–Trinajstić information content (AvgIpc) is 2.84. The minimum Gasteiger partial charge on any atom is -0.342 e. The minimum atomic E-state index is -0.464. The van der Waals surface area contributed by atoms with Crippen LogP contribution in [0.25, 0.3) is 16.6 Å². The second-order valence-electron chi connectivity index (χ2n) is 7.00. The van der Waals surface area contributed by atoms with Crippen LogP contribution >= 0.6 is 11.6 Å². The van der Waals surface area contributed by atoms with E-state index in [0.717, 1.165) is 5.56 Å². The standard InChI is InChI=1S/C23H16ClN3O2/c24-15-10-11-16-18(13-15)25-21-19(12-14-6-2-1-3-7-14)26-22(28)17-8-4-5-9-20(17)27(21)23(16)29/h1-11,13,19H,12H2,(H,26,28). The van der Waals surface area contributed by atoms with Gasteiger partial charge in [0.05, 0.1) is 28.2 Å². The maximum atomic E-state index is 13.4. The zero-order chi connectivity index (χ0) is 20.0. The SMILES string of the molecule is O=C1NC(Cc2ccccc2)c2nc3cc(Cl)ccc3c(=O)n2-c2ccccc21. The van der Waals surface area contributed by atoms with E-state index < -0.39 is 6.04 Å². The van der Waals surface area contributed by atoms with E-state index in [9.17, 15) is 9.59 Å². The van der Waals surface area contributed by atoms with E-state index in [2.05, 4.69) is 5.32 Å². The highest BCUT2D eigenvalue weighted by molar-refractivity contribution is 6.31. The smallest absolute Gasteiger partial charge is 0.266 e. The third kappa shape index (κ3) is 3.00. The number of nitrogens with one attached hydrogen (secondary N) is 1. The van der Waals surface area contributed by atoms with Crippen LogP contribution in [-0.2, 0) is 6.42 Å². The second-order valence-corrected chi connectivity index (χ2v) is 7.44. The molecule has 1 atom stereocenters. The van der Waals surface area contributed by atoms with Crippen LogP contribution in [0.2, 0.25) is 5.02 Å². The fraction of sp³-hybridized carbons (Fsp3) is 0.0870. The summed E-state index contributed by atoms with van der Waals surface area (Å²) in [5, 5.41) is 4.02. The number of carbonyl (C=O) groups excluding carboxylic acids is 1. The first-order chi connectivity index (χ1) is 14.1. The summed E-state index contributed by atoms with van der Waals surface area (Å²) >= 11 is 6.14. The van der Waals surface area contributed by atoms with Gasteiger partial charge in [-0.2, -0.15) is 0 Å². The first kappa shape index (κ1) is 17.6. The number of hydrogen-bond donors (Lipinski definition) is 1. The molecule has 0 spiro atoms. The van der Waals surface area contributed by atoms with Crippen molar-refractivity contribution in [2.75, 3.05) is 0 Å². The van der Waals surface area contributed by atoms with Crippen molar-refractivity contribution in [2.24, 2.45) is 0 Å². The highest BCUT2D eigenvalue weighted by Gasteiger charge is 2.29. The van der Waals surface area contributed by atoms with Crippen LogP contribution in [0, 0.1) is 0 Å². The van der Waals surface area contributed by atoms with Crippen molar-refractivity contribution in [3.63, 3.8) is 0 Å². The Kier molecular flexibility index (Phi) is 4.18. The highest BCUT2D eigenvalue weighted by atomic mass is 35.5. The largest absolute Gasteiger partial charge is 0.342 e. The number of benzene rings is 3. The van der Waals surface area contributed by atoms with Crippen LogP contribution in [0.15, 0.2) is 77.6 Å². The molecule has 5 rings (SSSR count). The van der Waals surface area contributed by atoms with E-state index in [-0.39, 0.29) is 11.5 Å². The van der Waals surface area contributed by atoms with Gasteiger partial charge in [0, 0.05) is 5.02 Å². The second kappa shape index (κ2) is 6.87. The molecule has 0 radical (unpaired) electrons. The molecular formula is C23H16ClN3O2. The number of para-hydroxylation sites is 1. The lowest BCUT2D eigenvalue weighted by Crippen LogP contribution is -2.31. The predicted octanol–water partition coefficient (Wildman–Crippen LogP) is 4.07. The molecule has 1 amide bonds. The molecule has 1 unspecified atom stereocenters. The number of carbonyl (C=O) groups is 1. The van der Waals surface area contributed by atoms with Crippen molar-refractivity contribution in [1.82, 2.24) is 14.9 Å². The quantitative estimate of drug-likeness (QED) is 0.550. The maximum absolute atomic E-state index is 13.4. The number of fused-ring (bicyclic) bond motifs is 4. The summed E-state index contributed by atoms with van der Waals surface area (Å²) in [5.74, 6) is 0.264. The van der Waals surface area contributed by atoms with Gasteiger partial charge in [-0.25, -0.2) is 4.98 Å². The van der Waals surface area contributed by atoms with Gasteiger partial charge in [0.25, 0.3) is 11.5 Å². The van der Waals surface area contributed by atoms with Crippen molar-refractivity contribution >= 4 is 28.4 Å². The normalized spacial score (nSPS) is 15.3. The van der Waals surface area contributed by atoms with Gasteiger partial charge in [-0.05, 0) is 42.3 Å². The minimum absolute atomic E-state index is 0.219. The van der Waals surface area contributed by atoms with Gasteiger partial charge in [-0.1, -0.05) is 54.1 Å². The zero-order valence-electron chi connectivity index (χ0n) is 15.3. The van der Waals surface area contributed by atoms with E-state index in [1.807, 2.05) is 36.4 Å². The van der Waals surface area contributed by atoms with E-state index in [1.54, 1.807) is 41.0 Å². The topological polar surface area (TPSA) is 64.0 Å². The van der Waals surface area contributed by atoms with E-state index in [0.29, 0.717) is 39.4 Å². The number of amides is 1. The molecule has 1 aliphatic rings. The molecule has 142 valence electrons. The fourth-order valence-corrected chi connectivity index (χ4v) is 3.96. The zero-order valence-corrected chi connectivity index (χ0v) is 16.1. The van der Waals surface area contributed by atoms with Crippen LogP contribution in [0.5, 0.6) is 0 Å². The van der Waals surface area contributed by atoms with Crippen molar-refractivity contribution in [2.45, 2.75) is 12.5 Å². The fourth-order valence-electron chi connectivity index (χ4n) is 3.80. The molecule has 3 aromatic carbocycles. The molecule has 6 heteroatoms. The van der Waals surface area contributed by atoms with Crippen molar-refractivity contribution in [3.05, 3.63) is 105 Å². The Balaban J connectivity index is 1.81. The summed E-state index contributed by atoms with van der Waals surface area (Å²) in [5.41, 5.74) is 2.31. The lowest BCUT2D eigenvalue weighted by Gasteiger charge is -2.19. The lowest BCUT2D eigenvalue weighted by atomic mass is 10.0. The van der Waals surface area contributed by atoms with Gasteiger partial charge in [0.15, 0.2) is 0 Å². The van der Waals surface area contributed by atoms with Gasteiger partial charge in [0.1, 0.15) is 5.82 Å². The van der Waals surface area contributed by atoms with Crippen molar-refractivity contribution in [3.8, 4) is 5.69 Å². The number of halogens is 1. The number of rotatable bonds is 2. The van der Waals surface area contributed by atoms with E-state index in [1.165, 1.54) is 0 Å². The van der Waals surface area contributed by atoms with E-state index >= 15 is 0 Å². The van der Waals surface area contributed by atoms with Gasteiger partial charge >= 0.3 is 0 Å². The van der Waals surface area contributed by atoms with Gasteiger partial charge < -0.3 is 5.32 Å². The van der Waals surface area contributed by atoms with Crippen LogP contribution in [0.1, 0.15) is 27.8 Å². The molecule has 1 N–H and O–H groups in total. The maximum Gasteiger partial charge on any atom is 0.266 e. The number of aromatic nitrogens is 2. The van der Waals surface area contributed by atoms with Gasteiger partial charge in [-0.15, -0.1) is 0 Å². The Morgan fingerprint density at radius 2 is 1.72 bits per heavy atom. The average molecular weight is 402 g/mol. The Hall–Kier alpha value is -3.44. The summed E-state index contributed by atoms with van der Waals surface area (Å²) in [6, 6.07) is 21.5. The Morgan fingerprint density at radius 1 is 0.966 bits per heavy atom. The summed E-state index contributed by atoms with van der Waals surface area (Å²) in [7, 11) is 0. The molecule has 1 aromatic heterocycles. The molecule has 2 heterocycles. The Morgan fingerprint density at radius 3 is 2.55 bits per heavy atom. The first-order valence-electron chi connectivity index (χ1n) is 9.28. The molecule has 0 saturated heterocycles. The predicted molar refractivity (Wildman–Crippen MR) is 113 cm³/mol. The molecule has 0 saturated carbocycles. The lowest BCUT2D eigenvalue weighted by molar-refractivity contribution is 0.0938. The van der Waals surface area contributed by atoms with Crippen molar-refractivity contribution in [1.29, 1.82) is 0 Å². The molecule has 0 bridgehead atoms. The molecular weight excluding hydrogens is 386 g/mol. The monoisotopic (exact) mass is 401 g/mol. The third-order valence-corrected chi connectivity index (χ3v) is 5.38. The van der Waals surface area contributed by atoms with Crippen LogP contribution < -0.4 is 10.9 Å². The number of hydrogen-bond acceptors (Lipinski definition) is 3. The van der Waals surface area contributed by atoms with Gasteiger partial charge in [-0.3, -0.25) is 14.2 Å². The van der Waals surface area contributed by atoms with Crippen LogP contribution in [0.3, 0.4) is 0 Å². The van der Waals surface area contributed by atoms with Crippen molar-refractivity contribution < 1.29 is 4.79 Å². The summed E-state index contributed by atoms with van der Waals surface area (Å²) in [6.07, 6.45) is 0.513. The van der Waals surface area contributed by atoms with E-state index in [4.69, 9.17) is 16.6 Å². The summed E-state index contributed by atoms with van der Waals surface area (Å²) in [6.45, 7) is 0. The molecule has 29 heavy (non-hydrogen) atoms. The Labute approximate surface area is 171 Å². The molecule has 5 nitrogen and oxygen atoms in total. The summed E-state index contributed by atoms with van der Waals surface area (Å²) < 4.78 is 1.55. The molecule has 0 fully saturated rings. The molecule has 1 aliphatic heterocycles. The summed E-state index contributed by atoms with van der Waals surface area (Å²) in [4.78, 5) is 31.2. The third-order valence-electron chi connectivity index (χ3n) is 5.15.